The molecule has 0 unspecified atom stereocenters. The van der Waals surface area contributed by atoms with Gasteiger partial charge in [-0.1, -0.05) is 12.1 Å². The Morgan fingerprint density at radius 3 is 2.62 bits per heavy atom. The highest BCUT2D eigenvalue weighted by Gasteiger charge is 2.18. The lowest BCUT2D eigenvalue weighted by atomic mass is 9.84. The first-order valence-corrected chi connectivity index (χ1v) is 6.08. The number of carbonyl (C=O) groups is 1. The van der Waals surface area contributed by atoms with Gasteiger partial charge in [0.2, 0.25) is 0 Å². The number of hydrogen-bond acceptors (Lipinski definition) is 2. The Hall–Kier alpha value is -1.15. The summed E-state index contributed by atoms with van der Waals surface area (Å²) >= 11 is 0. The Morgan fingerprint density at radius 1 is 1.25 bits per heavy atom. The summed E-state index contributed by atoms with van der Waals surface area (Å²) in [7, 11) is 0. The SMILES string of the molecule is Cc1ccc(C(=O)CCN)c2c1CCCC2. The van der Waals surface area contributed by atoms with Crippen molar-refractivity contribution in [1.29, 1.82) is 0 Å². The van der Waals surface area contributed by atoms with E-state index in [2.05, 4.69) is 13.0 Å². The van der Waals surface area contributed by atoms with Crippen molar-refractivity contribution in [2.24, 2.45) is 5.73 Å². The van der Waals surface area contributed by atoms with Crippen molar-refractivity contribution in [3.63, 3.8) is 0 Å². The first-order chi connectivity index (χ1) is 7.74. The van der Waals surface area contributed by atoms with Crippen LogP contribution in [-0.2, 0) is 12.8 Å². The second-order valence-electron chi connectivity index (χ2n) is 4.56. The van der Waals surface area contributed by atoms with Gasteiger partial charge in [-0.2, -0.15) is 0 Å². The van der Waals surface area contributed by atoms with E-state index in [0.717, 1.165) is 18.4 Å². The van der Waals surface area contributed by atoms with Gasteiger partial charge in [0.05, 0.1) is 0 Å². The summed E-state index contributed by atoms with van der Waals surface area (Å²) in [6, 6.07) is 4.06. The van der Waals surface area contributed by atoms with Crippen molar-refractivity contribution in [2.75, 3.05) is 6.54 Å². The van der Waals surface area contributed by atoms with Gasteiger partial charge in [-0.3, -0.25) is 4.79 Å². The van der Waals surface area contributed by atoms with Crippen LogP contribution in [0.1, 0.15) is 46.3 Å². The van der Waals surface area contributed by atoms with Crippen molar-refractivity contribution in [3.8, 4) is 0 Å². The van der Waals surface area contributed by atoms with Crippen molar-refractivity contribution in [2.45, 2.75) is 39.0 Å². The van der Waals surface area contributed by atoms with Gasteiger partial charge >= 0.3 is 0 Å². The van der Waals surface area contributed by atoms with Gasteiger partial charge in [0.15, 0.2) is 5.78 Å². The van der Waals surface area contributed by atoms with Gasteiger partial charge in [-0.25, -0.2) is 0 Å². The van der Waals surface area contributed by atoms with Gasteiger partial charge in [0.1, 0.15) is 0 Å². The molecule has 2 rings (SSSR count). The maximum Gasteiger partial charge on any atom is 0.164 e. The van der Waals surface area contributed by atoms with E-state index in [4.69, 9.17) is 5.73 Å². The van der Waals surface area contributed by atoms with Gasteiger partial charge in [0, 0.05) is 12.0 Å². The highest BCUT2D eigenvalue weighted by Crippen LogP contribution is 2.28. The minimum absolute atomic E-state index is 0.209. The predicted octanol–water partition coefficient (Wildman–Crippen LogP) is 2.41. The summed E-state index contributed by atoms with van der Waals surface area (Å²) in [4.78, 5) is 11.9. The summed E-state index contributed by atoms with van der Waals surface area (Å²) in [6.45, 7) is 2.59. The van der Waals surface area contributed by atoms with E-state index in [0.29, 0.717) is 13.0 Å². The second kappa shape index (κ2) is 4.79. The second-order valence-corrected chi connectivity index (χ2v) is 4.56. The van der Waals surface area contributed by atoms with Gasteiger partial charge in [-0.15, -0.1) is 0 Å². The third kappa shape index (κ3) is 2.03. The molecular formula is C14H19NO. The number of carbonyl (C=O) groups excluding carboxylic acids is 1. The molecular weight excluding hydrogens is 198 g/mol. The number of benzene rings is 1. The summed E-state index contributed by atoms with van der Waals surface area (Å²) in [5.41, 5.74) is 10.4. The zero-order valence-electron chi connectivity index (χ0n) is 9.88. The van der Waals surface area contributed by atoms with Crippen molar-refractivity contribution >= 4 is 5.78 Å². The molecule has 0 spiro atoms. The Morgan fingerprint density at radius 2 is 1.94 bits per heavy atom. The molecule has 0 saturated heterocycles. The average molecular weight is 217 g/mol. The molecule has 0 fully saturated rings. The molecule has 0 aliphatic heterocycles. The van der Waals surface area contributed by atoms with Crippen LogP contribution in [0, 0.1) is 6.92 Å². The molecule has 0 radical (unpaired) electrons. The largest absolute Gasteiger partial charge is 0.330 e. The molecule has 1 aromatic carbocycles. The van der Waals surface area contributed by atoms with E-state index in [1.807, 2.05) is 6.07 Å². The number of ketones is 1. The van der Waals surface area contributed by atoms with Crippen LogP contribution in [0.4, 0.5) is 0 Å². The molecule has 1 aliphatic carbocycles. The molecule has 0 atom stereocenters. The summed E-state index contributed by atoms with van der Waals surface area (Å²) in [6.07, 6.45) is 5.12. The maximum absolute atomic E-state index is 11.9. The summed E-state index contributed by atoms with van der Waals surface area (Å²) in [5.74, 6) is 0.209. The van der Waals surface area contributed by atoms with Crippen LogP contribution in [0.2, 0.25) is 0 Å². The molecule has 0 aromatic heterocycles. The Kier molecular flexibility index (Phi) is 3.39. The lowest BCUT2D eigenvalue weighted by Crippen LogP contribution is -2.14. The third-order valence-corrected chi connectivity index (χ3v) is 3.44. The van der Waals surface area contributed by atoms with Crippen LogP contribution in [0.25, 0.3) is 0 Å². The first-order valence-electron chi connectivity index (χ1n) is 6.08. The molecule has 0 bridgehead atoms. The zero-order valence-corrected chi connectivity index (χ0v) is 9.88. The predicted molar refractivity (Wildman–Crippen MR) is 65.8 cm³/mol. The normalized spacial score (nSPS) is 14.6. The molecule has 86 valence electrons. The van der Waals surface area contributed by atoms with E-state index < -0.39 is 0 Å². The Balaban J connectivity index is 2.42. The number of rotatable bonds is 3. The topological polar surface area (TPSA) is 43.1 Å². The first kappa shape index (κ1) is 11.3. The summed E-state index contributed by atoms with van der Waals surface area (Å²) in [5, 5.41) is 0. The van der Waals surface area contributed by atoms with E-state index in [1.165, 1.54) is 29.5 Å². The highest BCUT2D eigenvalue weighted by molar-refractivity contribution is 5.98. The third-order valence-electron chi connectivity index (χ3n) is 3.44. The maximum atomic E-state index is 11.9. The fraction of sp³-hybridized carbons (Fsp3) is 0.500. The molecule has 1 aromatic rings. The molecule has 1 aliphatic rings. The lowest BCUT2D eigenvalue weighted by molar-refractivity contribution is 0.0984. The van der Waals surface area contributed by atoms with Crippen molar-refractivity contribution in [1.82, 2.24) is 0 Å². The smallest absolute Gasteiger partial charge is 0.164 e. The molecule has 2 heteroatoms. The van der Waals surface area contributed by atoms with Crippen LogP contribution >= 0.6 is 0 Å². The highest BCUT2D eigenvalue weighted by atomic mass is 16.1. The molecule has 0 heterocycles. The fourth-order valence-corrected chi connectivity index (χ4v) is 2.57. The van der Waals surface area contributed by atoms with Gasteiger partial charge < -0.3 is 5.73 Å². The van der Waals surface area contributed by atoms with Crippen molar-refractivity contribution < 1.29 is 4.79 Å². The van der Waals surface area contributed by atoms with E-state index >= 15 is 0 Å². The minimum Gasteiger partial charge on any atom is -0.330 e. The standard InChI is InChI=1S/C14H19NO/c1-10-6-7-13(14(16)8-9-15)12-5-3-2-4-11(10)12/h6-7H,2-5,8-9,15H2,1H3. The minimum atomic E-state index is 0.209. The van der Waals surface area contributed by atoms with Crippen LogP contribution in [-0.4, -0.2) is 12.3 Å². The Bertz CT molecular complexity index is 409. The molecule has 16 heavy (non-hydrogen) atoms. The van der Waals surface area contributed by atoms with Crippen LogP contribution in [0.15, 0.2) is 12.1 Å². The summed E-state index contributed by atoms with van der Waals surface area (Å²) < 4.78 is 0. The van der Waals surface area contributed by atoms with E-state index in [9.17, 15) is 4.79 Å². The zero-order chi connectivity index (χ0) is 11.5. The number of nitrogens with two attached hydrogens (primary N) is 1. The van der Waals surface area contributed by atoms with E-state index in [-0.39, 0.29) is 5.78 Å². The number of hydrogen-bond donors (Lipinski definition) is 1. The van der Waals surface area contributed by atoms with Crippen LogP contribution in [0.5, 0.6) is 0 Å². The van der Waals surface area contributed by atoms with Crippen LogP contribution in [0.3, 0.4) is 0 Å². The molecule has 2 nitrogen and oxygen atoms in total. The monoisotopic (exact) mass is 217 g/mol. The van der Waals surface area contributed by atoms with E-state index in [1.54, 1.807) is 0 Å². The quantitative estimate of drug-likeness (QED) is 0.790. The number of fused-ring (bicyclic) bond motifs is 1. The molecule has 2 N–H and O–H groups in total. The lowest BCUT2D eigenvalue weighted by Gasteiger charge is -2.21. The van der Waals surface area contributed by atoms with Crippen molar-refractivity contribution in [3.05, 3.63) is 34.4 Å². The number of aryl methyl sites for hydroxylation is 1. The van der Waals surface area contributed by atoms with Gasteiger partial charge in [-0.05, 0) is 55.8 Å². The molecule has 0 saturated carbocycles. The number of Topliss-reactive ketones (excluding diaryl/α,β-unsaturated/α-hetero) is 1. The van der Waals surface area contributed by atoms with Gasteiger partial charge in [0.25, 0.3) is 0 Å². The fourth-order valence-electron chi connectivity index (χ4n) is 2.57. The Labute approximate surface area is 96.8 Å². The molecule has 0 amide bonds. The average Bonchev–Trinajstić information content (AvgIpc) is 2.30. The van der Waals surface area contributed by atoms with Crippen LogP contribution < -0.4 is 5.73 Å².